The molecule has 1 aliphatic heterocycles. The van der Waals surface area contributed by atoms with Crippen molar-refractivity contribution in [2.45, 2.75) is 56.8 Å². The van der Waals surface area contributed by atoms with E-state index in [-0.39, 0.29) is 37.2 Å². The third kappa shape index (κ3) is 5.17. The van der Waals surface area contributed by atoms with Gasteiger partial charge in [0.1, 0.15) is 23.7 Å². The van der Waals surface area contributed by atoms with Crippen molar-refractivity contribution in [2.75, 3.05) is 13.7 Å². The number of nitrogens with two attached hydrogens (primary N) is 1. The first-order chi connectivity index (χ1) is 17.6. The predicted octanol–water partition coefficient (Wildman–Crippen LogP) is 4.87. The molecule has 37 heavy (non-hydrogen) atoms. The Bertz CT molecular complexity index is 1330. The van der Waals surface area contributed by atoms with Gasteiger partial charge in [-0.15, -0.1) is 0 Å². The van der Waals surface area contributed by atoms with Gasteiger partial charge in [0, 0.05) is 23.1 Å². The Morgan fingerprint density at radius 3 is 2.62 bits per heavy atom. The SMILES string of the molecule is COc1cc(C(=O)CC[C@](C)(O)c2cc3c(c(-c4ccc(F)cc4)n2)OC[C@]3(C)N)ccc1OC1CC1. The van der Waals surface area contributed by atoms with Crippen molar-refractivity contribution in [3.63, 3.8) is 0 Å². The van der Waals surface area contributed by atoms with E-state index in [0.717, 1.165) is 12.8 Å². The van der Waals surface area contributed by atoms with Crippen molar-refractivity contribution < 1.29 is 28.5 Å². The van der Waals surface area contributed by atoms with Crippen molar-refractivity contribution in [2.24, 2.45) is 5.73 Å². The van der Waals surface area contributed by atoms with Crippen molar-refractivity contribution in [3.8, 4) is 28.5 Å². The van der Waals surface area contributed by atoms with E-state index in [1.165, 1.54) is 12.1 Å². The average molecular weight is 507 g/mol. The maximum absolute atomic E-state index is 13.6. The van der Waals surface area contributed by atoms with Crippen LogP contribution in [-0.4, -0.2) is 35.7 Å². The molecule has 0 spiro atoms. The number of hydrogen-bond acceptors (Lipinski definition) is 7. The summed E-state index contributed by atoms with van der Waals surface area (Å²) in [5, 5.41) is 11.4. The number of fused-ring (bicyclic) bond motifs is 1. The van der Waals surface area contributed by atoms with Crippen LogP contribution in [0, 0.1) is 5.82 Å². The summed E-state index contributed by atoms with van der Waals surface area (Å²) in [5.41, 5.74) is 6.93. The standard InChI is InChI=1S/C29H31FN2O5/c1-28(31)16-36-27-21(28)15-25(32-26(27)17-4-7-19(30)8-5-17)29(2,34)13-12-22(33)18-6-11-23(24(14-18)35-3)37-20-9-10-20/h4-8,11,14-15,20,34H,9-10,12-13,16,31H2,1-3H3/t28-,29-/m0/s1. The molecular weight excluding hydrogens is 475 g/mol. The quantitative estimate of drug-likeness (QED) is 0.399. The molecule has 1 saturated carbocycles. The van der Waals surface area contributed by atoms with Crippen LogP contribution >= 0.6 is 0 Å². The van der Waals surface area contributed by atoms with Crippen molar-refractivity contribution in [3.05, 3.63) is 71.2 Å². The number of pyridine rings is 1. The maximum Gasteiger partial charge on any atom is 0.163 e. The number of nitrogens with zero attached hydrogens (tertiary/aromatic N) is 1. The molecule has 5 rings (SSSR count). The molecule has 2 aromatic carbocycles. The number of carbonyl (C=O) groups excluding carboxylic acids is 1. The van der Waals surface area contributed by atoms with Gasteiger partial charge in [0.2, 0.25) is 0 Å². The molecule has 0 bridgehead atoms. The van der Waals surface area contributed by atoms with Gasteiger partial charge in [0.25, 0.3) is 0 Å². The number of carbonyl (C=O) groups is 1. The van der Waals surface area contributed by atoms with Gasteiger partial charge in [-0.2, -0.15) is 0 Å². The highest BCUT2D eigenvalue weighted by Gasteiger charge is 2.38. The summed E-state index contributed by atoms with van der Waals surface area (Å²) in [6, 6.07) is 12.8. The summed E-state index contributed by atoms with van der Waals surface area (Å²) >= 11 is 0. The van der Waals surface area contributed by atoms with Gasteiger partial charge >= 0.3 is 0 Å². The van der Waals surface area contributed by atoms with E-state index in [1.807, 2.05) is 6.92 Å². The second-order valence-corrected chi connectivity index (χ2v) is 10.3. The molecule has 7 nitrogen and oxygen atoms in total. The lowest BCUT2D eigenvalue weighted by molar-refractivity contribution is 0.0396. The number of benzene rings is 2. The summed E-state index contributed by atoms with van der Waals surface area (Å²) < 4.78 is 30.7. The van der Waals surface area contributed by atoms with Gasteiger partial charge in [0.15, 0.2) is 23.0 Å². The second kappa shape index (κ2) is 9.43. The lowest BCUT2D eigenvalue weighted by Crippen LogP contribution is -2.35. The molecule has 2 heterocycles. The van der Waals surface area contributed by atoms with Crippen LogP contribution < -0.4 is 19.9 Å². The third-order valence-electron chi connectivity index (χ3n) is 6.92. The van der Waals surface area contributed by atoms with E-state index in [9.17, 15) is 14.3 Å². The minimum Gasteiger partial charge on any atom is -0.493 e. The number of methoxy groups -OCH3 is 1. The smallest absolute Gasteiger partial charge is 0.163 e. The van der Waals surface area contributed by atoms with E-state index in [4.69, 9.17) is 24.9 Å². The Hall–Kier alpha value is -3.49. The second-order valence-electron chi connectivity index (χ2n) is 10.3. The van der Waals surface area contributed by atoms with Crippen LogP contribution in [0.3, 0.4) is 0 Å². The number of ether oxygens (including phenoxy) is 3. The summed E-state index contributed by atoms with van der Waals surface area (Å²) in [7, 11) is 1.54. The number of ketones is 1. The molecular formula is C29H31FN2O5. The molecule has 1 aromatic heterocycles. The largest absolute Gasteiger partial charge is 0.493 e. The zero-order valence-electron chi connectivity index (χ0n) is 21.2. The van der Waals surface area contributed by atoms with Crippen LogP contribution in [0.5, 0.6) is 17.2 Å². The van der Waals surface area contributed by atoms with Gasteiger partial charge in [-0.1, -0.05) is 0 Å². The van der Waals surface area contributed by atoms with Gasteiger partial charge in [-0.25, -0.2) is 9.37 Å². The molecule has 3 N–H and O–H groups in total. The third-order valence-corrected chi connectivity index (χ3v) is 6.92. The van der Waals surface area contributed by atoms with Crippen molar-refractivity contribution in [1.82, 2.24) is 4.98 Å². The first-order valence-electron chi connectivity index (χ1n) is 12.4. The maximum atomic E-state index is 13.6. The van der Waals surface area contributed by atoms with Crippen molar-refractivity contribution in [1.29, 1.82) is 0 Å². The van der Waals surface area contributed by atoms with Crippen LogP contribution in [0.25, 0.3) is 11.3 Å². The molecule has 3 aromatic rings. The molecule has 0 amide bonds. The minimum atomic E-state index is -1.43. The number of rotatable bonds is 9. The van der Waals surface area contributed by atoms with Crippen LogP contribution in [0.1, 0.15) is 61.1 Å². The number of Topliss-reactive ketones (excluding diaryl/α,β-unsaturated/α-hetero) is 1. The molecule has 1 aliphatic carbocycles. The molecule has 2 atom stereocenters. The van der Waals surface area contributed by atoms with Gasteiger partial charge in [0.05, 0.1) is 24.4 Å². The monoisotopic (exact) mass is 506 g/mol. The fraction of sp³-hybridized carbons (Fsp3) is 0.379. The Morgan fingerprint density at radius 2 is 1.95 bits per heavy atom. The number of halogens is 1. The van der Waals surface area contributed by atoms with E-state index < -0.39 is 11.1 Å². The van der Waals surface area contributed by atoms with Crippen LogP contribution in [0.2, 0.25) is 0 Å². The van der Waals surface area contributed by atoms with Crippen molar-refractivity contribution >= 4 is 5.78 Å². The van der Waals surface area contributed by atoms with Gasteiger partial charge in [-0.3, -0.25) is 4.79 Å². The number of aromatic nitrogens is 1. The lowest BCUT2D eigenvalue weighted by atomic mass is 9.88. The normalized spacial score (nSPS) is 20.1. The zero-order chi connectivity index (χ0) is 26.4. The molecule has 2 aliphatic rings. The highest BCUT2D eigenvalue weighted by Crippen LogP contribution is 2.44. The fourth-order valence-corrected chi connectivity index (χ4v) is 4.42. The molecule has 0 radical (unpaired) electrons. The van der Waals surface area contributed by atoms with Crippen LogP contribution in [-0.2, 0) is 11.1 Å². The number of aliphatic hydroxyl groups is 1. The minimum absolute atomic E-state index is 0.0834. The van der Waals surface area contributed by atoms with Gasteiger partial charge < -0.3 is 25.1 Å². The number of hydrogen-bond donors (Lipinski definition) is 2. The lowest BCUT2D eigenvalue weighted by Gasteiger charge is -2.25. The first-order valence-corrected chi connectivity index (χ1v) is 12.4. The van der Waals surface area contributed by atoms with Crippen LogP contribution in [0.15, 0.2) is 48.5 Å². The van der Waals surface area contributed by atoms with E-state index in [1.54, 1.807) is 50.4 Å². The Kier molecular flexibility index (Phi) is 6.41. The van der Waals surface area contributed by atoms with Gasteiger partial charge in [-0.05, 0) is 81.6 Å². The molecule has 8 heteroatoms. The highest BCUT2D eigenvalue weighted by molar-refractivity contribution is 5.96. The topological polar surface area (TPSA) is 104 Å². The fourth-order valence-electron chi connectivity index (χ4n) is 4.42. The summed E-state index contributed by atoms with van der Waals surface area (Å²) in [4.78, 5) is 17.7. The Balaban J connectivity index is 1.40. The molecule has 1 fully saturated rings. The van der Waals surface area contributed by atoms with E-state index in [0.29, 0.717) is 45.3 Å². The average Bonchev–Trinajstić information content (AvgIpc) is 3.64. The summed E-state index contributed by atoms with van der Waals surface area (Å²) in [6.45, 7) is 3.73. The van der Waals surface area contributed by atoms with E-state index >= 15 is 0 Å². The molecule has 0 unspecified atom stereocenters. The summed E-state index contributed by atoms with van der Waals surface area (Å²) in [6.07, 6.45) is 2.47. The Morgan fingerprint density at radius 1 is 1.22 bits per heavy atom. The first kappa shape index (κ1) is 25.2. The zero-order valence-corrected chi connectivity index (χ0v) is 21.2. The summed E-state index contributed by atoms with van der Waals surface area (Å²) in [5.74, 6) is 1.15. The molecule has 0 saturated heterocycles. The highest BCUT2D eigenvalue weighted by atomic mass is 19.1. The van der Waals surface area contributed by atoms with E-state index in [2.05, 4.69) is 0 Å². The molecule has 194 valence electrons. The van der Waals surface area contributed by atoms with Crippen LogP contribution in [0.4, 0.5) is 4.39 Å². The predicted molar refractivity (Wildman–Crippen MR) is 136 cm³/mol. The Labute approximate surface area is 215 Å².